The molecule has 34 heavy (non-hydrogen) atoms. The Morgan fingerprint density at radius 2 is 2.15 bits per heavy atom. The molecule has 0 saturated carbocycles. The standard InChI is InChI=1S/C21H18FN5O6S/c1-11(28)23-8-14-3-5-18(33-14)16-10-34-21(24-16)25-20(30)12-6-19(29)26(9-12)13-2-4-15(22)17(7-13)27(31)32/h2-5,7,10,12H,6,8-9H2,1H3,(H,23,28)(H,24,25,30). The van der Waals surface area contributed by atoms with E-state index in [2.05, 4.69) is 15.6 Å². The van der Waals surface area contributed by atoms with Crippen LogP contribution in [0.15, 0.2) is 40.1 Å². The van der Waals surface area contributed by atoms with Gasteiger partial charge in [-0.1, -0.05) is 0 Å². The van der Waals surface area contributed by atoms with Crippen LogP contribution >= 0.6 is 11.3 Å². The van der Waals surface area contributed by atoms with E-state index in [0.717, 1.165) is 12.1 Å². The van der Waals surface area contributed by atoms with Crippen LogP contribution in [0.4, 0.5) is 20.9 Å². The minimum absolute atomic E-state index is 0.00359. The molecule has 1 aliphatic rings. The van der Waals surface area contributed by atoms with Crippen LogP contribution in [0, 0.1) is 21.8 Å². The summed E-state index contributed by atoms with van der Waals surface area (Å²) in [7, 11) is 0. The molecule has 0 radical (unpaired) electrons. The van der Waals surface area contributed by atoms with Crippen molar-refractivity contribution in [1.82, 2.24) is 10.3 Å². The molecule has 0 spiro atoms. The molecule has 11 nitrogen and oxygen atoms in total. The Morgan fingerprint density at radius 1 is 1.35 bits per heavy atom. The molecule has 2 aromatic heterocycles. The molecular weight excluding hydrogens is 469 g/mol. The number of nitro groups is 1. The number of hydrogen-bond acceptors (Lipinski definition) is 8. The number of aromatic nitrogens is 1. The van der Waals surface area contributed by atoms with Crippen molar-refractivity contribution in [1.29, 1.82) is 0 Å². The minimum atomic E-state index is -1.01. The Kier molecular flexibility index (Phi) is 6.36. The Bertz CT molecular complexity index is 1290. The molecule has 1 atom stereocenters. The van der Waals surface area contributed by atoms with Gasteiger partial charge in [-0.05, 0) is 24.3 Å². The van der Waals surface area contributed by atoms with Crippen molar-refractivity contribution < 1.29 is 28.1 Å². The number of hydrogen-bond donors (Lipinski definition) is 2. The SMILES string of the molecule is CC(=O)NCc1ccc(-c2csc(NC(=O)C3CC(=O)N(c4ccc(F)c([N+](=O)[O-])c4)C3)n2)o1. The van der Waals surface area contributed by atoms with E-state index < -0.39 is 34.2 Å². The lowest BCUT2D eigenvalue weighted by Crippen LogP contribution is -2.28. The first-order chi connectivity index (χ1) is 16.2. The Balaban J connectivity index is 1.40. The molecule has 3 aromatic rings. The average molecular weight is 487 g/mol. The summed E-state index contributed by atoms with van der Waals surface area (Å²) in [5.41, 5.74) is -0.0957. The Hall–Kier alpha value is -4.13. The van der Waals surface area contributed by atoms with Crippen LogP contribution in [0.5, 0.6) is 0 Å². The second-order valence-electron chi connectivity index (χ2n) is 7.50. The van der Waals surface area contributed by atoms with Crippen LogP contribution in [0.25, 0.3) is 11.5 Å². The number of nitro benzene ring substituents is 1. The van der Waals surface area contributed by atoms with Crippen LogP contribution in [0.1, 0.15) is 19.1 Å². The van der Waals surface area contributed by atoms with Gasteiger partial charge in [0, 0.05) is 31.3 Å². The monoisotopic (exact) mass is 487 g/mol. The largest absolute Gasteiger partial charge is 0.458 e. The first-order valence-electron chi connectivity index (χ1n) is 10.1. The van der Waals surface area contributed by atoms with Gasteiger partial charge in [0.25, 0.3) is 0 Å². The fourth-order valence-corrected chi connectivity index (χ4v) is 4.12. The molecule has 176 valence electrons. The number of halogens is 1. The summed E-state index contributed by atoms with van der Waals surface area (Å²) in [6.45, 7) is 1.64. The highest BCUT2D eigenvalue weighted by Crippen LogP contribution is 2.31. The summed E-state index contributed by atoms with van der Waals surface area (Å²) >= 11 is 1.18. The third-order valence-corrected chi connectivity index (χ3v) is 5.85. The highest BCUT2D eigenvalue weighted by Gasteiger charge is 2.36. The zero-order valence-corrected chi connectivity index (χ0v) is 18.6. The maximum absolute atomic E-state index is 13.6. The summed E-state index contributed by atoms with van der Waals surface area (Å²) < 4.78 is 19.3. The van der Waals surface area contributed by atoms with Crippen molar-refractivity contribution in [2.24, 2.45) is 5.92 Å². The first kappa shape index (κ1) is 23.0. The number of nitrogens with one attached hydrogen (secondary N) is 2. The molecule has 1 unspecified atom stereocenters. The number of rotatable bonds is 7. The fraction of sp³-hybridized carbons (Fsp3) is 0.238. The Labute approximate surface area is 195 Å². The summed E-state index contributed by atoms with van der Waals surface area (Å²) in [5, 5.41) is 18.3. The molecule has 1 fully saturated rings. The van der Waals surface area contributed by atoms with Gasteiger partial charge in [0.1, 0.15) is 11.5 Å². The van der Waals surface area contributed by atoms with Gasteiger partial charge in [-0.15, -0.1) is 11.3 Å². The predicted octanol–water partition coefficient (Wildman–Crippen LogP) is 3.08. The molecule has 1 aliphatic heterocycles. The van der Waals surface area contributed by atoms with Crippen molar-refractivity contribution in [3.05, 3.63) is 57.4 Å². The van der Waals surface area contributed by atoms with Gasteiger partial charge in [0.2, 0.25) is 23.5 Å². The predicted molar refractivity (Wildman–Crippen MR) is 119 cm³/mol. The maximum atomic E-state index is 13.6. The zero-order chi connectivity index (χ0) is 24.4. The molecular formula is C21H18FN5O6S. The number of carbonyl (C=O) groups is 3. The molecule has 13 heteroatoms. The normalized spacial score (nSPS) is 15.4. The van der Waals surface area contributed by atoms with E-state index in [1.165, 1.54) is 29.2 Å². The van der Waals surface area contributed by atoms with Gasteiger partial charge in [-0.2, -0.15) is 4.39 Å². The lowest BCUT2D eigenvalue weighted by Gasteiger charge is -2.16. The van der Waals surface area contributed by atoms with Gasteiger partial charge in [-0.3, -0.25) is 24.5 Å². The number of anilines is 2. The lowest BCUT2D eigenvalue weighted by atomic mass is 10.1. The van der Waals surface area contributed by atoms with Crippen LogP contribution in [0.3, 0.4) is 0 Å². The second-order valence-corrected chi connectivity index (χ2v) is 8.36. The van der Waals surface area contributed by atoms with Crippen molar-refractivity contribution >= 4 is 45.6 Å². The van der Waals surface area contributed by atoms with Crippen LogP contribution in [0.2, 0.25) is 0 Å². The maximum Gasteiger partial charge on any atom is 0.306 e. The fourth-order valence-electron chi connectivity index (χ4n) is 3.42. The molecule has 3 amide bonds. The third kappa shape index (κ3) is 4.93. The minimum Gasteiger partial charge on any atom is -0.458 e. The van der Waals surface area contributed by atoms with Gasteiger partial charge in [-0.25, -0.2) is 4.98 Å². The molecule has 3 heterocycles. The van der Waals surface area contributed by atoms with E-state index in [-0.39, 0.29) is 31.1 Å². The molecule has 0 aliphatic carbocycles. The van der Waals surface area contributed by atoms with Crippen molar-refractivity contribution in [3.63, 3.8) is 0 Å². The smallest absolute Gasteiger partial charge is 0.306 e. The quantitative estimate of drug-likeness (QED) is 0.384. The van der Waals surface area contributed by atoms with Crippen LogP contribution < -0.4 is 15.5 Å². The number of carbonyl (C=O) groups excluding carboxylic acids is 3. The summed E-state index contributed by atoms with van der Waals surface area (Å²) in [6.07, 6.45) is -0.0973. The number of furan rings is 1. The Morgan fingerprint density at radius 3 is 2.88 bits per heavy atom. The van der Waals surface area contributed by atoms with Crippen molar-refractivity contribution in [3.8, 4) is 11.5 Å². The van der Waals surface area contributed by atoms with Crippen molar-refractivity contribution in [2.75, 3.05) is 16.8 Å². The molecule has 1 saturated heterocycles. The summed E-state index contributed by atoms with van der Waals surface area (Å²) in [4.78, 5) is 51.8. The summed E-state index contributed by atoms with van der Waals surface area (Å²) in [5.74, 6) is -1.71. The highest BCUT2D eigenvalue weighted by molar-refractivity contribution is 7.14. The van der Waals surface area contributed by atoms with Gasteiger partial charge < -0.3 is 20.0 Å². The number of nitrogens with zero attached hydrogens (tertiary/aromatic N) is 3. The van der Waals surface area contributed by atoms with E-state index in [4.69, 9.17) is 4.42 Å². The number of benzene rings is 1. The lowest BCUT2D eigenvalue weighted by molar-refractivity contribution is -0.387. The molecule has 1 aromatic carbocycles. The average Bonchev–Trinajstić information content (AvgIpc) is 3.52. The number of amides is 3. The number of thiazole rings is 1. The van der Waals surface area contributed by atoms with Crippen LogP contribution in [-0.2, 0) is 20.9 Å². The second kappa shape index (κ2) is 9.39. The van der Waals surface area contributed by atoms with E-state index >= 15 is 0 Å². The van der Waals surface area contributed by atoms with Crippen molar-refractivity contribution in [2.45, 2.75) is 19.9 Å². The first-order valence-corrected chi connectivity index (χ1v) is 10.9. The van der Waals surface area contributed by atoms with E-state index in [1.807, 2.05) is 0 Å². The zero-order valence-electron chi connectivity index (χ0n) is 17.7. The molecule has 2 N–H and O–H groups in total. The molecule has 0 bridgehead atoms. The van der Waals surface area contributed by atoms with Crippen LogP contribution in [-0.4, -0.2) is 34.2 Å². The molecule has 4 rings (SSSR count). The van der Waals surface area contributed by atoms with E-state index in [1.54, 1.807) is 17.5 Å². The van der Waals surface area contributed by atoms with Gasteiger partial charge in [0.15, 0.2) is 10.9 Å². The topological polar surface area (TPSA) is 148 Å². The highest BCUT2D eigenvalue weighted by atomic mass is 32.1. The van der Waals surface area contributed by atoms with E-state index in [0.29, 0.717) is 22.3 Å². The van der Waals surface area contributed by atoms with Gasteiger partial charge >= 0.3 is 5.69 Å². The van der Waals surface area contributed by atoms with Gasteiger partial charge in [0.05, 0.1) is 23.1 Å². The summed E-state index contributed by atoms with van der Waals surface area (Å²) in [6, 6.07) is 6.57. The van der Waals surface area contributed by atoms with E-state index in [9.17, 15) is 28.9 Å². The third-order valence-electron chi connectivity index (χ3n) is 5.09.